The van der Waals surface area contributed by atoms with E-state index < -0.39 is 12.0 Å². The molecule has 0 saturated carbocycles. The van der Waals surface area contributed by atoms with Crippen molar-refractivity contribution in [2.45, 2.75) is 18.9 Å². The van der Waals surface area contributed by atoms with Gasteiger partial charge in [-0.2, -0.15) is 0 Å². The summed E-state index contributed by atoms with van der Waals surface area (Å²) in [7, 11) is 4.41. The van der Waals surface area contributed by atoms with Crippen molar-refractivity contribution < 1.29 is 28.2 Å². The lowest BCUT2D eigenvalue weighted by Gasteiger charge is -2.36. The van der Waals surface area contributed by atoms with Crippen LogP contribution in [-0.2, 0) is 20.7 Å². The average Bonchev–Trinajstić information content (AvgIpc) is 2.76. The fourth-order valence-corrected chi connectivity index (χ4v) is 3.63. The van der Waals surface area contributed by atoms with Crippen LogP contribution in [0.15, 0.2) is 42.5 Å². The predicted molar refractivity (Wildman–Crippen MR) is 110 cm³/mol. The topological polar surface area (TPSA) is 65.1 Å². The van der Waals surface area contributed by atoms with Gasteiger partial charge in [-0.1, -0.05) is 12.1 Å². The maximum atomic E-state index is 13.4. The first-order chi connectivity index (χ1) is 14.5. The van der Waals surface area contributed by atoms with E-state index >= 15 is 0 Å². The summed E-state index contributed by atoms with van der Waals surface area (Å²) in [5.41, 5.74) is 2.38. The Bertz CT molecular complexity index is 972. The highest BCUT2D eigenvalue weighted by Gasteiger charge is 2.33. The molecule has 158 valence electrons. The molecule has 0 radical (unpaired) electrons. The Balaban J connectivity index is 1.94. The number of esters is 1. The first-order valence-electron chi connectivity index (χ1n) is 9.52. The fourth-order valence-electron chi connectivity index (χ4n) is 3.63. The molecule has 1 atom stereocenters. The van der Waals surface area contributed by atoms with Crippen LogP contribution in [0.3, 0.4) is 0 Å². The summed E-state index contributed by atoms with van der Waals surface area (Å²) in [5, 5.41) is 0. The zero-order valence-corrected chi connectivity index (χ0v) is 17.2. The molecular weight excluding hydrogens is 389 g/mol. The molecule has 2 aromatic rings. The Hall–Kier alpha value is -3.35. The van der Waals surface area contributed by atoms with Gasteiger partial charge in [0.15, 0.2) is 11.5 Å². The number of benzene rings is 2. The molecule has 0 saturated heterocycles. The maximum absolute atomic E-state index is 13.4. The van der Waals surface area contributed by atoms with E-state index in [0.29, 0.717) is 30.0 Å². The van der Waals surface area contributed by atoms with Crippen LogP contribution < -0.4 is 9.47 Å². The number of methoxy groups -OCH3 is 3. The number of amides is 1. The Labute approximate surface area is 174 Å². The molecule has 1 heterocycles. The molecule has 30 heavy (non-hydrogen) atoms. The lowest BCUT2D eigenvalue weighted by atomic mass is 9.90. The molecule has 6 nitrogen and oxygen atoms in total. The second-order valence-corrected chi connectivity index (χ2v) is 6.87. The van der Waals surface area contributed by atoms with Gasteiger partial charge in [0, 0.05) is 12.6 Å². The SMILES string of the molecule is COC(=O)C[C@H]1c2cc(OC)c(OC)cc2CCN1C(=O)/C=C/c1cccc(F)c1. The number of fused-ring (bicyclic) bond motifs is 1. The monoisotopic (exact) mass is 413 g/mol. The first kappa shape index (κ1) is 21.4. The van der Waals surface area contributed by atoms with Gasteiger partial charge < -0.3 is 19.1 Å². The summed E-state index contributed by atoms with van der Waals surface area (Å²) < 4.78 is 29.0. The van der Waals surface area contributed by atoms with E-state index in [2.05, 4.69) is 0 Å². The van der Waals surface area contributed by atoms with E-state index in [0.717, 1.165) is 11.1 Å². The zero-order valence-electron chi connectivity index (χ0n) is 17.2. The summed E-state index contributed by atoms with van der Waals surface area (Å²) in [6, 6.07) is 9.15. The van der Waals surface area contributed by atoms with Crippen molar-refractivity contribution in [1.29, 1.82) is 0 Å². The molecular formula is C23H24FNO5. The lowest BCUT2D eigenvalue weighted by Crippen LogP contribution is -2.40. The van der Waals surface area contributed by atoms with Gasteiger partial charge in [0.25, 0.3) is 0 Å². The third-order valence-corrected chi connectivity index (χ3v) is 5.14. The van der Waals surface area contributed by atoms with Crippen molar-refractivity contribution in [2.75, 3.05) is 27.9 Å². The maximum Gasteiger partial charge on any atom is 0.307 e. The highest BCUT2D eigenvalue weighted by Crippen LogP contribution is 2.39. The number of carbonyl (C=O) groups excluding carboxylic acids is 2. The van der Waals surface area contributed by atoms with Crippen LogP contribution in [0.2, 0.25) is 0 Å². The number of hydrogen-bond acceptors (Lipinski definition) is 5. The van der Waals surface area contributed by atoms with Crippen molar-refractivity contribution in [3.8, 4) is 11.5 Å². The smallest absolute Gasteiger partial charge is 0.307 e. The lowest BCUT2D eigenvalue weighted by molar-refractivity contribution is -0.143. The summed E-state index contributed by atoms with van der Waals surface area (Å²) in [5.74, 6) is 0.0545. The minimum atomic E-state index is -0.509. The van der Waals surface area contributed by atoms with Gasteiger partial charge in [0.05, 0.1) is 33.8 Å². The zero-order chi connectivity index (χ0) is 21.7. The Morgan fingerprint density at radius 1 is 1.13 bits per heavy atom. The molecule has 0 fully saturated rings. The van der Waals surface area contributed by atoms with Crippen molar-refractivity contribution in [3.05, 3.63) is 65.0 Å². The predicted octanol–water partition coefficient (Wildman–Crippen LogP) is 3.55. The Morgan fingerprint density at radius 2 is 1.87 bits per heavy atom. The number of rotatable bonds is 6. The normalized spacial score (nSPS) is 15.6. The third kappa shape index (κ3) is 4.62. The van der Waals surface area contributed by atoms with E-state index in [4.69, 9.17) is 14.2 Å². The van der Waals surface area contributed by atoms with Crippen molar-refractivity contribution in [2.24, 2.45) is 0 Å². The second kappa shape index (κ2) is 9.43. The molecule has 1 aliphatic heterocycles. The molecule has 3 rings (SSSR count). The number of hydrogen-bond donors (Lipinski definition) is 0. The fraction of sp³-hybridized carbons (Fsp3) is 0.304. The van der Waals surface area contributed by atoms with Gasteiger partial charge >= 0.3 is 5.97 Å². The average molecular weight is 413 g/mol. The molecule has 2 aromatic carbocycles. The minimum Gasteiger partial charge on any atom is -0.493 e. The van der Waals surface area contributed by atoms with Crippen LogP contribution in [0.1, 0.15) is 29.2 Å². The summed E-state index contributed by atoms with van der Waals surface area (Å²) in [6.45, 7) is 0.427. The molecule has 0 spiro atoms. The van der Waals surface area contributed by atoms with Crippen LogP contribution in [-0.4, -0.2) is 44.7 Å². The van der Waals surface area contributed by atoms with Crippen LogP contribution in [0.25, 0.3) is 6.08 Å². The molecule has 7 heteroatoms. The molecule has 1 amide bonds. The van der Waals surface area contributed by atoms with Crippen molar-refractivity contribution in [3.63, 3.8) is 0 Å². The van der Waals surface area contributed by atoms with E-state index in [-0.39, 0.29) is 18.1 Å². The molecule has 0 aromatic heterocycles. The number of nitrogens with zero attached hydrogens (tertiary/aromatic N) is 1. The molecule has 0 bridgehead atoms. The highest BCUT2D eigenvalue weighted by atomic mass is 19.1. The van der Waals surface area contributed by atoms with Gasteiger partial charge in [-0.05, 0) is 53.5 Å². The summed E-state index contributed by atoms with van der Waals surface area (Å²) in [4.78, 5) is 26.7. The van der Waals surface area contributed by atoms with E-state index in [9.17, 15) is 14.0 Å². The standard InChI is InChI=1S/C23H24FNO5/c1-28-20-12-16-9-10-25(22(26)8-7-15-5-4-6-17(24)11-15)19(14-23(27)30-3)18(16)13-21(20)29-2/h4-8,11-13,19H,9-10,14H2,1-3H3/b8-7+/t19-/m0/s1. The van der Waals surface area contributed by atoms with E-state index in [1.807, 2.05) is 6.07 Å². The quantitative estimate of drug-likeness (QED) is 0.535. The van der Waals surface area contributed by atoms with Crippen LogP contribution in [0.4, 0.5) is 4.39 Å². The Kier molecular flexibility index (Phi) is 6.72. The first-order valence-corrected chi connectivity index (χ1v) is 9.52. The van der Waals surface area contributed by atoms with E-state index in [1.165, 1.54) is 32.4 Å². The third-order valence-electron chi connectivity index (χ3n) is 5.14. The van der Waals surface area contributed by atoms with Crippen LogP contribution >= 0.6 is 0 Å². The van der Waals surface area contributed by atoms with Crippen LogP contribution in [0, 0.1) is 5.82 Å². The van der Waals surface area contributed by atoms with Gasteiger partial charge in [-0.25, -0.2) is 4.39 Å². The number of ether oxygens (including phenoxy) is 3. The van der Waals surface area contributed by atoms with Gasteiger partial charge in [0.2, 0.25) is 5.91 Å². The van der Waals surface area contributed by atoms with Gasteiger partial charge in [-0.15, -0.1) is 0 Å². The highest BCUT2D eigenvalue weighted by molar-refractivity contribution is 5.92. The van der Waals surface area contributed by atoms with Crippen molar-refractivity contribution >= 4 is 18.0 Å². The largest absolute Gasteiger partial charge is 0.493 e. The molecule has 1 aliphatic rings. The number of carbonyl (C=O) groups is 2. The van der Waals surface area contributed by atoms with Crippen LogP contribution in [0.5, 0.6) is 11.5 Å². The molecule has 0 N–H and O–H groups in total. The second-order valence-electron chi connectivity index (χ2n) is 6.87. The molecule has 0 unspecified atom stereocenters. The number of halogens is 1. The summed E-state index contributed by atoms with van der Waals surface area (Å²) in [6.07, 6.45) is 3.57. The van der Waals surface area contributed by atoms with E-state index in [1.54, 1.807) is 36.3 Å². The Morgan fingerprint density at radius 3 is 2.53 bits per heavy atom. The van der Waals surface area contributed by atoms with Gasteiger partial charge in [0.1, 0.15) is 5.82 Å². The molecule has 0 aliphatic carbocycles. The van der Waals surface area contributed by atoms with Gasteiger partial charge in [-0.3, -0.25) is 9.59 Å². The van der Waals surface area contributed by atoms with Crippen molar-refractivity contribution in [1.82, 2.24) is 4.90 Å². The summed E-state index contributed by atoms with van der Waals surface area (Å²) >= 11 is 0. The minimum absolute atomic E-state index is 0.0124.